The van der Waals surface area contributed by atoms with Crippen molar-refractivity contribution >= 4 is 35.2 Å². The predicted octanol–water partition coefficient (Wildman–Crippen LogP) is 5.17. The molecule has 0 heterocycles. The standard InChI is InChI=1S/C25H19ClN2O5/c1-32-22-11-10-16(13-23(22)33-15-17-6-2-4-8-20(17)26)12-18(14-27)24(29)28-21-9-5-3-7-19(21)25(30)31/h2-13H,15H2,1H3,(H,28,29)(H,30,31)/b18-12+. The molecule has 3 aromatic carbocycles. The Morgan fingerprint density at radius 1 is 1.09 bits per heavy atom. The smallest absolute Gasteiger partial charge is 0.337 e. The molecule has 0 aliphatic rings. The maximum absolute atomic E-state index is 12.6. The maximum Gasteiger partial charge on any atom is 0.337 e. The minimum Gasteiger partial charge on any atom is -0.493 e. The highest BCUT2D eigenvalue weighted by Crippen LogP contribution is 2.30. The molecule has 0 aromatic heterocycles. The van der Waals surface area contributed by atoms with Crippen LogP contribution in [0.15, 0.2) is 72.3 Å². The number of hydrogen-bond donors (Lipinski definition) is 2. The van der Waals surface area contributed by atoms with E-state index >= 15 is 0 Å². The van der Waals surface area contributed by atoms with Crippen LogP contribution in [0.2, 0.25) is 5.02 Å². The van der Waals surface area contributed by atoms with E-state index in [1.807, 2.05) is 24.3 Å². The van der Waals surface area contributed by atoms with Crippen LogP contribution in [0, 0.1) is 11.3 Å². The highest BCUT2D eigenvalue weighted by Gasteiger charge is 2.15. The number of carboxylic acid groups (broad SMARTS) is 1. The van der Waals surface area contributed by atoms with E-state index in [0.29, 0.717) is 22.1 Å². The van der Waals surface area contributed by atoms with E-state index in [0.717, 1.165) is 5.56 Å². The van der Waals surface area contributed by atoms with Crippen molar-refractivity contribution in [2.45, 2.75) is 6.61 Å². The number of nitrogens with zero attached hydrogens (tertiary/aromatic N) is 1. The molecular formula is C25H19ClN2O5. The number of benzene rings is 3. The zero-order valence-electron chi connectivity index (χ0n) is 17.5. The summed E-state index contributed by atoms with van der Waals surface area (Å²) in [5.74, 6) is -1.05. The molecule has 2 N–H and O–H groups in total. The second kappa shape index (κ2) is 10.8. The predicted molar refractivity (Wildman–Crippen MR) is 124 cm³/mol. The zero-order valence-corrected chi connectivity index (χ0v) is 18.3. The van der Waals surface area contributed by atoms with Crippen LogP contribution in [0.4, 0.5) is 5.69 Å². The molecule has 0 fully saturated rings. The molecule has 0 unspecified atom stereocenters. The van der Waals surface area contributed by atoms with E-state index in [1.54, 1.807) is 36.4 Å². The largest absolute Gasteiger partial charge is 0.493 e. The first-order valence-electron chi connectivity index (χ1n) is 9.72. The summed E-state index contributed by atoms with van der Waals surface area (Å²) < 4.78 is 11.2. The van der Waals surface area contributed by atoms with Gasteiger partial charge in [0.1, 0.15) is 18.2 Å². The normalized spacial score (nSPS) is 10.8. The number of nitriles is 1. The summed E-state index contributed by atoms with van der Waals surface area (Å²) >= 11 is 6.18. The molecule has 0 radical (unpaired) electrons. The van der Waals surface area contributed by atoms with E-state index in [1.165, 1.54) is 25.3 Å². The Morgan fingerprint density at radius 2 is 1.82 bits per heavy atom. The summed E-state index contributed by atoms with van der Waals surface area (Å²) in [5, 5.41) is 21.8. The van der Waals surface area contributed by atoms with Crippen LogP contribution < -0.4 is 14.8 Å². The minimum atomic E-state index is -1.19. The minimum absolute atomic E-state index is 0.0807. The van der Waals surface area contributed by atoms with Gasteiger partial charge in [-0.05, 0) is 42.0 Å². The summed E-state index contributed by atoms with van der Waals surface area (Å²) in [6.07, 6.45) is 1.38. The van der Waals surface area contributed by atoms with Crippen molar-refractivity contribution in [2.75, 3.05) is 12.4 Å². The Hall–Kier alpha value is -4.28. The van der Waals surface area contributed by atoms with E-state index in [2.05, 4.69) is 5.32 Å². The second-order valence-corrected chi connectivity index (χ2v) is 7.17. The van der Waals surface area contributed by atoms with E-state index < -0.39 is 11.9 Å². The molecule has 0 saturated heterocycles. The SMILES string of the molecule is COc1ccc(/C=C(\C#N)C(=O)Nc2ccccc2C(=O)O)cc1OCc1ccccc1Cl. The van der Waals surface area contributed by atoms with Crippen LogP contribution in [0.5, 0.6) is 11.5 Å². The lowest BCUT2D eigenvalue weighted by molar-refractivity contribution is -0.112. The third-order valence-electron chi connectivity index (χ3n) is 4.61. The highest BCUT2D eigenvalue weighted by atomic mass is 35.5. The molecular weight excluding hydrogens is 444 g/mol. The van der Waals surface area contributed by atoms with Crippen LogP contribution in [0.3, 0.4) is 0 Å². The van der Waals surface area contributed by atoms with Gasteiger partial charge in [0.15, 0.2) is 11.5 Å². The van der Waals surface area contributed by atoms with Gasteiger partial charge in [-0.25, -0.2) is 4.79 Å². The van der Waals surface area contributed by atoms with Gasteiger partial charge in [-0.2, -0.15) is 5.26 Å². The molecule has 3 aromatic rings. The fraction of sp³-hybridized carbons (Fsp3) is 0.0800. The molecule has 33 heavy (non-hydrogen) atoms. The molecule has 0 spiro atoms. The van der Waals surface area contributed by atoms with Gasteiger partial charge in [-0.1, -0.05) is 48.0 Å². The van der Waals surface area contributed by atoms with Gasteiger partial charge in [0.2, 0.25) is 0 Å². The molecule has 166 valence electrons. The number of hydrogen-bond acceptors (Lipinski definition) is 5. The van der Waals surface area contributed by atoms with Gasteiger partial charge in [0.05, 0.1) is 18.4 Å². The Labute approximate surface area is 195 Å². The highest BCUT2D eigenvalue weighted by molar-refractivity contribution is 6.31. The monoisotopic (exact) mass is 462 g/mol. The number of methoxy groups -OCH3 is 1. The fourth-order valence-corrected chi connectivity index (χ4v) is 3.14. The number of anilines is 1. The van der Waals surface area contributed by atoms with Crippen molar-refractivity contribution in [1.29, 1.82) is 5.26 Å². The zero-order chi connectivity index (χ0) is 23.8. The van der Waals surface area contributed by atoms with E-state index in [-0.39, 0.29) is 23.4 Å². The number of carbonyl (C=O) groups is 2. The summed E-state index contributed by atoms with van der Waals surface area (Å²) in [6, 6.07) is 20.0. The topological polar surface area (TPSA) is 109 Å². The number of carboxylic acids is 1. The van der Waals surface area contributed by atoms with E-state index in [4.69, 9.17) is 21.1 Å². The van der Waals surface area contributed by atoms with Gasteiger partial charge in [0.25, 0.3) is 5.91 Å². The van der Waals surface area contributed by atoms with Crippen LogP contribution in [0.25, 0.3) is 6.08 Å². The third-order valence-corrected chi connectivity index (χ3v) is 4.98. The Bertz CT molecular complexity index is 1260. The summed E-state index contributed by atoms with van der Waals surface area (Å²) in [7, 11) is 1.50. The van der Waals surface area contributed by atoms with Crippen molar-refractivity contribution in [2.24, 2.45) is 0 Å². The van der Waals surface area contributed by atoms with Crippen LogP contribution in [-0.2, 0) is 11.4 Å². The summed E-state index contributed by atoms with van der Waals surface area (Å²) in [4.78, 5) is 24.0. The van der Waals surface area contributed by atoms with Crippen LogP contribution >= 0.6 is 11.6 Å². The molecule has 0 bridgehead atoms. The summed E-state index contributed by atoms with van der Waals surface area (Å²) in [5.41, 5.74) is 1.11. The second-order valence-electron chi connectivity index (χ2n) is 6.77. The van der Waals surface area contributed by atoms with Gasteiger partial charge < -0.3 is 19.9 Å². The Balaban J connectivity index is 1.84. The number of nitrogens with one attached hydrogen (secondary N) is 1. The Kier molecular flexibility index (Phi) is 7.68. The average Bonchev–Trinajstić information content (AvgIpc) is 2.82. The molecule has 7 nitrogen and oxygen atoms in total. The number of amides is 1. The Morgan fingerprint density at radius 3 is 2.52 bits per heavy atom. The maximum atomic E-state index is 12.6. The lowest BCUT2D eigenvalue weighted by atomic mass is 10.1. The quantitative estimate of drug-likeness (QED) is 0.353. The summed E-state index contributed by atoms with van der Waals surface area (Å²) in [6.45, 7) is 0.195. The van der Waals surface area contributed by atoms with E-state index in [9.17, 15) is 20.0 Å². The van der Waals surface area contributed by atoms with Crippen molar-refractivity contribution in [3.8, 4) is 17.6 Å². The first kappa shape index (κ1) is 23.4. The first-order chi connectivity index (χ1) is 15.9. The average molecular weight is 463 g/mol. The van der Waals surface area contributed by atoms with Crippen molar-refractivity contribution in [1.82, 2.24) is 0 Å². The molecule has 0 saturated carbocycles. The van der Waals surface area contributed by atoms with Gasteiger partial charge >= 0.3 is 5.97 Å². The van der Waals surface area contributed by atoms with Crippen molar-refractivity contribution in [3.63, 3.8) is 0 Å². The number of para-hydroxylation sites is 1. The van der Waals surface area contributed by atoms with Crippen LogP contribution in [0.1, 0.15) is 21.5 Å². The van der Waals surface area contributed by atoms with Crippen LogP contribution in [-0.4, -0.2) is 24.1 Å². The number of aromatic carboxylic acids is 1. The number of carbonyl (C=O) groups excluding carboxylic acids is 1. The van der Waals surface area contributed by atoms with Gasteiger partial charge in [-0.15, -0.1) is 0 Å². The molecule has 0 aliphatic carbocycles. The first-order valence-corrected chi connectivity index (χ1v) is 10.1. The molecule has 0 atom stereocenters. The third kappa shape index (κ3) is 5.91. The molecule has 3 rings (SSSR count). The molecule has 8 heteroatoms. The van der Waals surface area contributed by atoms with Crippen molar-refractivity contribution in [3.05, 3.63) is 94.0 Å². The fourth-order valence-electron chi connectivity index (χ4n) is 2.95. The lowest BCUT2D eigenvalue weighted by Gasteiger charge is -2.12. The number of rotatable bonds is 8. The number of halogens is 1. The lowest BCUT2D eigenvalue weighted by Crippen LogP contribution is -2.16. The van der Waals surface area contributed by atoms with Crippen molar-refractivity contribution < 1.29 is 24.2 Å². The molecule has 1 amide bonds. The molecule has 0 aliphatic heterocycles. The number of ether oxygens (including phenoxy) is 2. The van der Waals surface area contributed by atoms with Gasteiger partial charge in [0, 0.05) is 10.6 Å². The van der Waals surface area contributed by atoms with Gasteiger partial charge in [-0.3, -0.25) is 4.79 Å².